The van der Waals surface area contributed by atoms with Gasteiger partial charge in [0, 0.05) is 19.1 Å². The van der Waals surface area contributed by atoms with Crippen LogP contribution in [-0.4, -0.2) is 41.6 Å². The fourth-order valence-corrected chi connectivity index (χ4v) is 4.28. The van der Waals surface area contributed by atoms with Gasteiger partial charge in [-0.2, -0.15) is 0 Å². The zero-order chi connectivity index (χ0) is 26.6. The molecule has 194 valence electrons. The quantitative estimate of drug-likeness (QED) is 0.278. The molecular formula is C28H34N6O3. The number of nitrogens with two attached hydrogens (primary N) is 2. The smallest absolute Gasteiger partial charge is 0.407 e. The van der Waals surface area contributed by atoms with E-state index in [-0.39, 0.29) is 17.7 Å². The first-order chi connectivity index (χ1) is 17.6. The Balaban J connectivity index is 1.51. The van der Waals surface area contributed by atoms with Gasteiger partial charge in [-0.15, -0.1) is 0 Å². The number of nitrogens with one attached hydrogen (secondary N) is 2. The van der Waals surface area contributed by atoms with Crippen LogP contribution in [0.4, 0.5) is 16.4 Å². The zero-order valence-corrected chi connectivity index (χ0v) is 21.5. The van der Waals surface area contributed by atoms with Crippen LogP contribution >= 0.6 is 0 Å². The van der Waals surface area contributed by atoms with E-state index in [0.29, 0.717) is 30.2 Å². The van der Waals surface area contributed by atoms with Crippen LogP contribution in [0.5, 0.6) is 11.5 Å². The number of aromatic nitrogens is 1. The molecule has 1 amide bonds. The molecule has 2 aromatic carbocycles. The van der Waals surface area contributed by atoms with Crippen molar-refractivity contribution in [2.24, 2.45) is 5.73 Å². The molecule has 9 heteroatoms. The highest BCUT2D eigenvalue weighted by atomic mass is 16.6. The topological polar surface area (TPSA) is 140 Å². The number of para-hydroxylation sites is 1. The number of amides is 1. The summed E-state index contributed by atoms with van der Waals surface area (Å²) >= 11 is 0. The minimum absolute atomic E-state index is 0.0246. The molecule has 6 N–H and O–H groups in total. The molecule has 0 aliphatic carbocycles. The first kappa shape index (κ1) is 25.8. The summed E-state index contributed by atoms with van der Waals surface area (Å²) in [5, 5.41) is 11.0. The molecule has 1 saturated heterocycles. The number of carbonyl (C=O) groups is 1. The Bertz CT molecular complexity index is 1250. The van der Waals surface area contributed by atoms with E-state index in [2.05, 4.69) is 15.2 Å². The zero-order valence-electron chi connectivity index (χ0n) is 21.5. The lowest BCUT2D eigenvalue weighted by molar-refractivity contribution is 0.0497. The van der Waals surface area contributed by atoms with E-state index in [1.807, 2.05) is 81.4 Å². The molecule has 37 heavy (non-hydrogen) atoms. The molecule has 1 aromatic heterocycles. The van der Waals surface area contributed by atoms with Crippen LogP contribution in [-0.2, 0) is 4.74 Å². The maximum Gasteiger partial charge on any atom is 0.407 e. The third-order valence-corrected chi connectivity index (χ3v) is 5.99. The highest BCUT2D eigenvalue weighted by molar-refractivity contribution is 6.06. The van der Waals surface area contributed by atoms with E-state index in [9.17, 15) is 4.79 Å². The SMILES string of the molecule is CC(C)(C)OC(=O)NC1CCN(c2cc(-c3ccc(Oc4ccccc4)cc3)c(C(=N)N)c(N)n2)CC1. The van der Waals surface area contributed by atoms with E-state index >= 15 is 0 Å². The number of nitrogen functional groups attached to an aromatic ring is 2. The number of carbonyl (C=O) groups excluding carboxylic acids is 1. The van der Waals surface area contributed by atoms with Crippen molar-refractivity contribution in [1.82, 2.24) is 10.3 Å². The summed E-state index contributed by atoms with van der Waals surface area (Å²) in [4.78, 5) is 18.8. The Morgan fingerprint density at radius 3 is 2.27 bits per heavy atom. The van der Waals surface area contributed by atoms with Gasteiger partial charge in [0.15, 0.2) is 0 Å². The van der Waals surface area contributed by atoms with Gasteiger partial charge >= 0.3 is 6.09 Å². The summed E-state index contributed by atoms with van der Waals surface area (Å²) in [7, 11) is 0. The number of hydrogen-bond donors (Lipinski definition) is 4. The molecule has 1 aliphatic rings. The van der Waals surface area contributed by atoms with Crippen LogP contribution in [0.15, 0.2) is 60.7 Å². The fourth-order valence-electron chi connectivity index (χ4n) is 4.28. The second kappa shape index (κ2) is 10.8. The first-order valence-corrected chi connectivity index (χ1v) is 12.3. The van der Waals surface area contributed by atoms with Gasteiger partial charge < -0.3 is 31.2 Å². The van der Waals surface area contributed by atoms with Crippen LogP contribution in [0.1, 0.15) is 39.2 Å². The lowest BCUT2D eigenvalue weighted by Gasteiger charge is -2.34. The summed E-state index contributed by atoms with van der Waals surface area (Å²) < 4.78 is 11.3. The molecular weight excluding hydrogens is 468 g/mol. The molecule has 0 spiro atoms. The van der Waals surface area contributed by atoms with Crippen molar-refractivity contribution in [1.29, 1.82) is 5.41 Å². The average Bonchev–Trinajstić information content (AvgIpc) is 2.83. The Labute approximate surface area is 217 Å². The molecule has 1 aliphatic heterocycles. The second-order valence-electron chi connectivity index (χ2n) is 10.0. The van der Waals surface area contributed by atoms with Gasteiger partial charge in [0.2, 0.25) is 0 Å². The van der Waals surface area contributed by atoms with Crippen LogP contribution in [0, 0.1) is 5.41 Å². The van der Waals surface area contributed by atoms with E-state index in [0.717, 1.165) is 29.7 Å². The van der Waals surface area contributed by atoms with Crippen molar-refractivity contribution in [3.05, 3.63) is 66.2 Å². The molecule has 3 aromatic rings. The summed E-state index contributed by atoms with van der Waals surface area (Å²) in [6.45, 7) is 6.91. The number of anilines is 2. The van der Waals surface area contributed by atoms with Crippen molar-refractivity contribution < 1.29 is 14.3 Å². The third kappa shape index (κ3) is 6.69. The number of nitrogens with zero attached hydrogens (tertiary/aromatic N) is 2. The normalized spacial score (nSPS) is 14.2. The predicted octanol–water partition coefficient (Wildman–Crippen LogP) is 4.90. The van der Waals surface area contributed by atoms with Gasteiger partial charge in [0.1, 0.15) is 34.6 Å². The van der Waals surface area contributed by atoms with Crippen LogP contribution < -0.4 is 26.4 Å². The number of piperidine rings is 1. The molecule has 0 atom stereocenters. The second-order valence-corrected chi connectivity index (χ2v) is 10.0. The van der Waals surface area contributed by atoms with Crippen molar-refractivity contribution in [2.75, 3.05) is 23.7 Å². The molecule has 0 saturated carbocycles. The first-order valence-electron chi connectivity index (χ1n) is 12.3. The number of amidine groups is 1. The Morgan fingerprint density at radius 1 is 1.05 bits per heavy atom. The molecule has 9 nitrogen and oxygen atoms in total. The van der Waals surface area contributed by atoms with Gasteiger partial charge in [0.25, 0.3) is 0 Å². The van der Waals surface area contributed by atoms with Gasteiger partial charge in [0.05, 0.1) is 5.56 Å². The van der Waals surface area contributed by atoms with Gasteiger partial charge in [-0.1, -0.05) is 30.3 Å². The fraction of sp³-hybridized carbons (Fsp3) is 0.321. The maximum absolute atomic E-state index is 12.1. The number of hydrogen-bond acceptors (Lipinski definition) is 7. The largest absolute Gasteiger partial charge is 0.457 e. The third-order valence-electron chi connectivity index (χ3n) is 5.99. The summed E-state index contributed by atoms with van der Waals surface area (Å²) in [6, 6.07) is 19.1. The van der Waals surface area contributed by atoms with Crippen LogP contribution in [0.3, 0.4) is 0 Å². The van der Waals surface area contributed by atoms with E-state index in [1.165, 1.54) is 0 Å². The number of alkyl carbamates (subject to hydrolysis) is 1. The standard InChI is InChI=1S/C28H34N6O3/c1-28(2,3)37-27(35)32-19-13-15-34(16-14-19)23-17-22(24(25(29)30)26(31)33-23)18-9-11-21(12-10-18)36-20-7-5-4-6-8-20/h4-12,17,19H,13-16H2,1-3H3,(H3,29,30)(H2,31,33)(H,32,35). The maximum atomic E-state index is 12.1. The number of ether oxygens (including phenoxy) is 2. The predicted molar refractivity (Wildman–Crippen MR) is 146 cm³/mol. The molecule has 1 fully saturated rings. The van der Waals surface area contributed by atoms with Crippen LogP contribution in [0.25, 0.3) is 11.1 Å². The highest BCUT2D eigenvalue weighted by Gasteiger charge is 2.25. The number of benzene rings is 2. The molecule has 0 bridgehead atoms. The van der Waals surface area contributed by atoms with Crippen molar-refractivity contribution in [3.8, 4) is 22.6 Å². The average molecular weight is 503 g/mol. The summed E-state index contributed by atoms with van der Waals surface area (Å²) in [5.41, 5.74) is 13.6. The molecule has 2 heterocycles. The number of pyridine rings is 1. The van der Waals surface area contributed by atoms with Crippen molar-refractivity contribution >= 4 is 23.6 Å². The Hall–Kier alpha value is -4.27. The Morgan fingerprint density at radius 2 is 1.68 bits per heavy atom. The Kier molecular flexibility index (Phi) is 7.52. The molecule has 4 rings (SSSR count). The summed E-state index contributed by atoms with van der Waals surface area (Å²) in [6.07, 6.45) is 1.09. The monoisotopic (exact) mass is 502 g/mol. The van der Waals surface area contributed by atoms with E-state index in [1.54, 1.807) is 0 Å². The van der Waals surface area contributed by atoms with Crippen LogP contribution in [0.2, 0.25) is 0 Å². The minimum Gasteiger partial charge on any atom is -0.457 e. The lowest BCUT2D eigenvalue weighted by Crippen LogP contribution is -2.46. The van der Waals surface area contributed by atoms with Gasteiger partial charge in [-0.05, 0) is 75.1 Å². The van der Waals surface area contributed by atoms with Crippen molar-refractivity contribution in [3.63, 3.8) is 0 Å². The number of rotatable bonds is 6. The van der Waals surface area contributed by atoms with Gasteiger partial charge in [-0.3, -0.25) is 5.41 Å². The van der Waals surface area contributed by atoms with E-state index in [4.69, 9.17) is 26.4 Å². The minimum atomic E-state index is -0.535. The molecule has 0 radical (unpaired) electrons. The lowest BCUT2D eigenvalue weighted by atomic mass is 9.98. The molecule has 0 unspecified atom stereocenters. The van der Waals surface area contributed by atoms with Crippen molar-refractivity contribution in [2.45, 2.75) is 45.3 Å². The van der Waals surface area contributed by atoms with Gasteiger partial charge in [-0.25, -0.2) is 9.78 Å². The highest BCUT2D eigenvalue weighted by Crippen LogP contribution is 2.33. The van der Waals surface area contributed by atoms with E-state index < -0.39 is 11.7 Å². The summed E-state index contributed by atoms with van der Waals surface area (Å²) in [5.74, 6) is 2.22.